The van der Waals surface area contributed by atoms with Crippen LogP contribution in [0.3, 0.4) is 0 Å². The van der Waals surface area contributed by atoms with Gasteiger partial charge in [-0.1, -0.05) is 61.4 Å². The fraction of sp³-hybridized carbons (Fsp3) is 0.176. The fourth-order valence-electron chi connectivity index (χ4n) is 5.69. The van der Waals surface area contributed by atoms with Gasteiger partial charge in [0.15, 0.2) is 0 Å². The predicted molar refractivity (Wildman–Crippen MR) is 182 cm³/mol. The first-order chi connectivity index (χ1) is 23.9. The maximum atomic E-state index is 13.6. The molecule has 0 bridgehead atoms. The van der Waals surface area contributed by atoms with Crippen molar-refractivity contribution in [1.82, 2.24) is 19.1 Å². The molecule has 0 saturated heterocycles. The summed E-state index contributed by atoms with van der Waals surface area (Å²) in [5, 5.41) is 0.813. The normalized spacial score (nSPS) is 11.5. The van der Waals surface area contributed by atoms with Gasteiger partial charge in [-0.2, -0.15) is 0 Å². The van der Waals surface area contributed by atoms with Gasteiger partial charge in [0, 0.05) is 24.2 Å². The molecule has 0 saturated carbocycles. The summed E-state index contributed by atoms with van der Waals surface area (Å²) in [6.07, 6.45) is 2.43. The Hall–Kier alpha value is -3.42. The number of benzene rings is 4. The summed E-state index contributed by atoms with van der Waals surface area (Å²) in [5.41, 5.74) is 1.08. The summed E-state index contributed by atoms with van der Waals surface area (Å²) in [4.78, 5) is 36.5. The Morgan fingerprint density at radius 1 is 0.538 bits per heavy atom. The zero-order chi connectivity index (χ0) is 35.5. The summed E-state index contributed by atoms with van der Waals surface area (Å²) in [6.45, 7) is 0.546. The average Bonchev–Trinajstić information content (AvgIpc) is 3.06. The van der Waals surface area contributed by atoms with Crippen molar-refractivity contribution >= 4 is 42.6 Å². The number of para-hydroxylation sites is 2. The minimum Gasteiger partial charge on any atom is -0.716 e. The molecule has 0 atom stereocenters. The van der Waals surface area contributed by atoms with Crippen LogP contribution in [0.5, 0.6) is 11.5 Å². The Labute approximate surface area is 343 Å². The van der Waals surface area contributed by atoms with E-state index in [1.54, 1.807) is 60.7 Å². The molecule has 0 amide bonds. The Morgan fingerprint density at radius 2 is 0.923 bits per heavy atom. The molecule has 0 aliphatic rings. The number of nitrogens with zero attached hydrogens (tertiary/aromatic N) is 4. The molecule has 6 aromatic rings. The van der Waals surface area contributed by atoms with Gasteiger partial charge in [0.25, 0.3) is 31.9 Å². The van der Waals surface area contributed by atoms with E-state index in [9.17, 15) is 35.5 Å². The first-order valence-corrected chi connectivity index (χ1v) is 18.0. The van der Waals surface area contributed by atoms with E-state index < -0.39 is 20.8 Å². The molecule has 2 heterocycles. The quantitative estimate of drug-likeness (QED) is 0.0565. The van der Waals surface area contributed by atoms with Crippen molar-refractivity contribution in [2.45, 2.75) is 38.8 Å². The average molecular weight is 763 g/mol. The van der Waals surface area contributed by atoms with Gasteiger partial charge in [-0.3, -0.25) is 18.7 Å². The van der Waals surface area contributed by atoms with Gasteiger partial charge < -0.3 is 17.5 Å². The van der Waals surface area contributed by atoms with Gasteiger partial charge in [0.05, 0.1) is 21.8 Å². The van der Waals surface area contributed by atoms with Crippen LogP contribution < -0.4 is 78.6 Å². The maximum absolute atomic E-state index is 13.6. The Kier molecular flexibility index (Phi) is 14.0. The van der Waals surface area contributed by atoms with Gasteiger partial charge in [0.1, 0.15) is 23.1 Å². The minimum atomic E-state index is -5.02. The molecule has 0 spiro atoms. The van der Waals surface area contributed by atoms with Crippen LogP contribution in [0, 0.1) is 0 Å². The molecule has 0 radical (unpaired) electrons. The van der Waals surface area contributed by atoms with Gasteiger partial charge >= 0.3 is 59.1 Å². The molecule has 0 aliphatic heterocycles. The Morgan fingerprint density at radius 3 is 1.31 bits per heavy atom. The van der Waals surface area contributed by atoms with Crippen LogP contribution in [0.1, 0.15) is 25.7 Å². The second-order valence-electron chi connectivity index (χ2n) is 11.3. The molecule has 258 valence electrons. The molecule has 18 heteroatoms. The van der Waals surface area contributed by atoms with Crippen molar-refractivity contribution in [2.24, 2.45) is 0 Å². The predicted octanol–water partition coefficient (Wildman–Crippen LogP) is -1.61. The van der Waals surface area contributed by atoms with E-state index in [4.69, 9.17) is 0 Å². The van der Waals surface area contributed by atoms with Crippen LogP contribution in [0.2, 0.25) is 0 Å². The van der Waals surface area contributed by atoms with E-state index in [2.05, 4.69) is 18.3 Å². The molecule has 0 N–H and O–H groups in total. The zero-order valence-corrected chi connectivity index (χ0v) is 33.8. The van der Waals surface area contributed by atoms with Crippen molar-refractivity contribution in [3.05, 3.63) is 118 Å². The van der Waals surface area contributed by atoms with E-state index in [0.29, 0.717) is 58.6 Å². The molecule has 14 nitrogen and oxygen atoms in total. The van der Waals surface area contributed by atoms with E-state index in [0.717, 1.165) is 0 Å². The van der Waals surface area contributed by atoms with Crippen molar-refractivity contribution in [3.8, 4) is 34.3 Å². The molecule has 52 heavy (non-hydrogen) atoms. The first-order valence-electron chi connectivity index (χ1n) is 15.4. The number of rotatable bonds is 13. The van der Waals surface area contributed by atoms with Crippen LogP contribution in [0.15, 0.2) is 107 Å². The van der Waals surface area contributed by atoms with Gasteiger partial charge in [-0.25, -0.2) is 26.8 Å². The number of fused-ring (bicyclic) bond motifs is 2. The number of hydrogen-bond donors (Lipinski definition) is 0. The van der Waals surface area contributed by atoms with Crippen LogP contribution in [0.25, 0.3) is 44.6 Å². The van der Waals surface area contributed by atoms with E-state index >= 15 is 0 Å². The standard InChI is InChI=1S/C34H30N4O10S2.2Na/c39-33-27-15-3-5-17-29(27)35-31(23-11-9-13-25(21-23)47-49(41,42)43)37(33)19-7-1-2-8-20-38-32(36-30-18-6-4-16-28(30)34(38)40)24-12-10-14-26(22-24)48-50(44,45)46;;/h3-6,9-18,21-22H,1-2,7-8,19-20H2,(H,41,42,43)(H,44,45,46);;/q;2*+1/p-2. The minimum absolute atomic E-state index is 0. The second-order valence-corrected chi connectivity index (χ2v) is 13.2. The largest absolute Gasteiger partial charge is 1.00 e. The Bertz CT molecular complexity index is 2400. The SMILES string of the molecule is O=c1c2ccccc2nc(-c2cccc(OS(=O)(=O)[O-])c2)n1CCCCCCn1c(-c2cccc(OS(=O)(=O)[O-])c2)nc2ccccc2c1=O.[Na+].[Na+]. The summed E-state index contributed by atoms with van der Waals surface area (Å²) < 4.78 is 79.1. The molecule has 6 rings (SSSR count). The monoisotopic (exact) mass is 762 g/mol. The third kappa shape index (κ3) is 10.2. The molecule has 0 unspecified atom stereocenters. The van der Waals surface area contributed by atoms with Gasteiger partial charge in [-0.05, 0) is 61.4 Å². The Balaban J connectivity index is 0.00000302. The van der Waals surface area contributed by atoms with E-state index in [1.807, 2.05) is 0 Å². The van der Waals surface area contributed by atoms with Crippen molar-refractivity contribution in [1.29, 1.82) is 0 Å². The van der Waals surface area contributed by atoms with Crippen LogP contribution in [0.4, 0.5) is 0 Å². The zero-order valence-electron chi connectivity index (χ0n) is 28.2. The number of hydrogen-bond acceptors (Lipinski definition) is 12. The second kappa shape index (κ2) is 17.6. The topological polar surface area (TPSA) is 203 Å². The number of unbranched alkanes of at least 4 members (excludes halogenated alkanes) is 3. The summed E-state index contributed by atoms with van der Waals surface area (Å²) in [5.74, 6) is 0.131. The summed E-state index contributed by atoms with van der Waals surface area (Å²) in [7, 11) is -10.0. The number of aromatic nitrogens is 4. The summed E-state index contributed by atoms with van der Waals surface area (Å²) in [6, 6.07) is 25.2. The third-order valence-electron chi connectivity index (χ3n) is 7.82. The molecular formula is C34H28N4Na2O10S2. The molecule has 4 aromatic carbocycles. The fourth-order valence-corrected chi connectivity index (χ4v) is 6.37. The van der Waals surface area contributed by atoms with Crippen LogP contribution in [-0.2, 0) is 33.9 Å². The third-order valence-corrected chi connectivity index (χ3v) is 8.61. The van der Waals surface area contributed by atoms with E-state index in [-0.39, 0.29) is 106 Å². The summed E-state index contributed by atoms with van der Waals surface area (Å²) >= 11 is 0. The van der Waals surface area contributed by atoms with Crippen LogP contribution in [-0.4, -0.2) is 45.0 Å². The smallest absolute Gasteiger partial charge is 0.716 e. The van der Waals surface area contributed by atoms with Crippen molar-refractivity contribution in [2.75, 3.05) is 0 Å². The van der Waals surface area contributed by atoms with Crippen molar-refractivity contribution in [3.63, 3.8) is 0 Å². The first kappa shape index (κ1) is 41.3. The van der Waals surface area contributed by atoms with Crippen molar-refractivity contribution < 1.29 is 93.4 Å². The molecule has 0 aliphatic carbocycles. The maximum Gasteiger partial charge on any atom is 1.00 e. The van der Waals surface area contributed by atoms with Gasteiger partial charge in [0.2, 0.25) is 0 Å². The van der Waals surface area contributed by atoms with Gasteiger partial charge in [-0.15, -0.1) is 0 Å². The molecule has 0 fully saturated rings. The van der Waals surface area contributed by atoms with E-state index in [1.165, 1.54) is 45.5 Å². The molecular weight excluding hydrogens is 735 g/mol. The molecule has 2 aromatic heterocycles. The van der Waals surface area contributed by atoms with Crippen LogP contribution >= 0.6 is 0 Å².